The van der Waals surface area contributed by atoms with Crippen LogP contribution >= 0.6 is 15.9 Å². The van der Waals surface area contributed by atoms with Gasteiger partial charge in [0.05, 0.1) is 33.1 Å². The highest BCUT2D eigenvalue weighted by Gasteiger charge is 2.21. The molecule has 0 amide bonds. The molecule has 20 rings (SSSR count). The minimum Gasteiger partial charge on any atom is -0.316 e. The molecule has 0 unspecified atom stereocenters. The average molecular weight is 1440 g/mol. The second-order valence-corrected chi connectivity index (χ2v) is 28.0. The number of anilines is 3. The number of benzene rings is 16. The Morgan fingerprint density at radius 2 is 0.505 bits per heavy atom. The van der Waals surface area contributed by atoms with Gasteiger partial charge in [-0.1, -0.05) is 283 Å². The first-order valence-electron chi connectivity index (χ1n) is 36.4. The molecule has 0 saturated heterocycles. The molecule has 0 saturated carbocycles. The van der Waals surface area contributed by atoms with Gasteiger partial charge >= 0.3 is 0 Å². The topological polar surface area (TPSA) is 23.0 Å². The van der Waals surface area contributed by atoms with Crippen molar-refractivity contribution in [3.05, 3.63) is 441 Å². The van der Waals surface area contributed by atoms with Gasteiger partial charge in [0.1, 0.15) is 0 Å². The molecule has 508 valence electrons. The number of fused-ring (bicyclic) bond motifs is 8. The number of hydrogen-bond donors (Lipinski definition) is 0. The Kier molecular flexibility index (Phi) is 17.9. The third-order valence-corrected chi connectivity index (χ3v) is 20.9. The van der Waals surface area contributed by atoms with E-state index >= 15 is 0 Å². The van der Waals surface area contributed by atoms with Crippen molar-refractivity contribution in [3.63, 3.8) is 0 Å². The molecule has 4 heterocycles. The number of hydrogen-bond acceptors (Lipinski definition) is 1. The Labute approximate surface area is 631 Å². The van der Waals surface area contributed by atoms with Crippen LogP contribution in [-0.4, -0.2) is 18.3 Å². The molecule has 0 aliphatic heterocycles. The standard InChI is InChI=1S/C50H35N3.C26H17BrN2.C25H20/c1-5-13-36(14-6-1)38-21-25-43(26-22-38)52(44-27-23-39(24-28-44)37-15-7-2-8-16-37)45-29-30-48-47(34-45)46-33-40-31-32-51(41-17-9-3-10-18-41)49(40)35-50(46)53(48)42-19-11-4-12-20-42;27-19-11-12-24-23(16-19)22-15-18-13-14-28(20-7-3-1-4-8-20)25(18)17-26(22)29(24)21-9-5-2-6-10-21;1-3-7-22(8-4-1)24-15-11-20(12-16-24)19-21-13-17-25(18-14-21)23-9-5-2-6-10-23/h1-35H;1-17H;1-18H,19H2. The predicted octanol–water partition coefficient (Wildman–Crippen LogP) is 27.6. The molecule has 5 nitrogen and oxygen atoms in total. The van der Waals surface area contributed by atoms with Crippen molar-refractivity contribution < 1.29 is 0 Å². The van der Waals surface area contributed by atoms with Gasteiger partial charge in [0.15, 0.2) is 0 Å². The molecular weight excluding hydrogens is 1360 g/mol. The Morgan fingerprint density at radius 3 is 0.869 bits per heavy atom. The van der Waals surface area contributed by atoms with Crippen molar-refractivity contribution in [2.75, 3.05) is 4.90 Å². The molecule has 107 heavy (non-hydrogen) atoms. The molecule has 20 aromatic rings. The lowest BCUT2D eigenvalue weighted by molar-refractivity contribution is 1.12. The van der Waals surface area contributed by atoms with E-state index in [1.807, 2.05) is 0 Å². The second kappa shape index (κ2) is 29.3. The van der Waals surface area contributed by atoms with Crippen molar-refractivity contribution in [2.24, 2.45) is 0 Å². The van der Waals surface area contributed by atoms with Crippen LogP contribution in [0.5, 0.6) is 0 Å². The van der Waals surface area contributed by atoms with Gasteiger partial charge in [0.25, 0.3) is 0 Å². The van der Waals surface area contributed by atoms with Gasteiger partial charge < -0.3 is 23.2 Å². The quantitative estimate of drug-likeness (QED) is 0.113. The Hall–Kier alpha value is -13.5. The van der Waals surface area contributed by atoms with Gasteiger partial charge in [0.2, 0.25) is 0 Å². The number of nitrogens with zero attached hydrogens (tertiary/aromatic N) is 5. The van der Waals surface area contributed by atoms with Gasteiger partial charge in [-0.2, -0.15) is 0 Å². The van der Waals surface area contributed by atoms with E-state index in [0.29, 0.717) is 0 Å². The minimum atomic E-state index is 0.962. The zero-order valence-corrected chi connectivity index (χ0v) is 60.3. The summed E-state index contributed by atoms with van der Waals surface area (Å²) >= 11 is 3.65. The molecule has 0 radical (unpaired) electrons. The summed E-state index contributed by atoms with van der Waals surface area (Å²) in [6.07, 6.45) is 5.30. The average Bonchev–Trinajstić information content (AvgIpc) is 1.58. The SMILES string of the molecule is Brc1ccc2c(c1)c1cc3ccn(-c4ccccc4)c3cc1n2-c1ccccc1.c1ccc(-c2ccc(Cc3ccc(-c4ccccc4)cc3)cc2)cc1.c1ccc(-c2ccc(N(c3ccc(-c4ccccc4)cc3)c3ccc4c(c3)c3cc5ccn(-c6ccccc6)c5cc3n4-c3ccccc3)cc2)cc1. The first-order chi connectivity index (χ1) is 53.0. The van der Waals surface area contributed by atoms with E-state index in [2.05, 4.69) is 464 Å². The highest BCUT2D eigenvalue weighted by molar-refractivity contribution is 9.10. The van der Waals surface area contributed by atoms with Crippen molar-refractivity contribution >= 4 is 98.4 Å². The highest BCUT2D eigenvalue weighted by atomic mass is 79.9. The third-order valence-electron chi connectivity index (χ3n) is 20.4. The van der Waals surface area contributed by atoms with E-state index in [-0.39, 0.29) is 0 Å². The molecular formula is C101H72BrN5. The summed E-state index contributed by atoms with van der Waals surface area (Å²) in [5.41, 5.74) is 27.7. The lowest BCUT2D eigenvalue weighted by atomic mass is 9.98. The highest BCUT2D eigenvalue weighted by Crippen LogP contribution is 2.43. The van der Waals surface area contributed by atoms with Gasteiger partial charge in [-0.3, -0.25) is 0 Å². The van der Waals surface area contributed by atoms with Crippen molar-refractivity contribution in [1.29, 1.82) is 0 Å². The third kappa shape index (κ3) is 13.3. The van der Waals surface area contributed by atoms with Gasteiger partial charge in [0, 0.05) is 89.0 Å². The number of rotatable bonds is 13. The van der Waals surface area contributed by atoms with Crippen LogP contribution in [0.3, 0.4) is 0 Å². The summed E-state index contributed by atoms with van der Waals surface area (Å²) in [5.74, 6) is 0. The van der Waals surface area contributed by atoms with E-state index < -0.39 is 0 Å². The second-order valence-electron chi connectivity index (χ2n) is 27.1. The Bertz CT molecular complexity index is 6270. The largest absolute Gasteiger partial charge is 0.316 e. The van der Waals surface area contributed by atoms with Crippen LogP contribution in [0.1, 0.15) is 11.1 Å². The number of halogens is 1. The summed E-state index contributed by atoms with van der Waals surface area (Å²) in [6.45, 7) is 0. The van der Waals surface area contributed by atoms with Crippen LogP contribution in [-0.2, 0) is 6.42 Å². The fourth-order valence-electron chi connectivity index (χ4n) is 15.2. The maximum atomic E-state index is 3.65. The lowest BCUT2D eigenvalue weighted by Gasteiger charge is -2.26. The van der Waals surface area contributed by atoms with E-state index in [1.165, 1.54) is 132 Å². The van der Waals surface area contributed by atoms with Crippen molar-refractivity contribution in [2.45, 2.75) is 6.42 Å². The molecule has 0 aliphatic rings. The maximum absolute atomic E-state index is 3.65. The van der Waals surface area contributed by atoms with Gasteiger partial charge in [-0.25, -0.2) is 0 Å². The number of para-hydroxylation sites is 4. The van der Waals surface area contributed by atoms with Crippen molar-refractivity contribution in [3.8, 4) is 67.3 Å². The molecule has 0 spiro atoms. The first-order valence-corrected chi connectivity index (χ1v) is 37.2. The van der Waals surface area contributed by atoms with Crippen LogP contribution in [0.4, 0.5) is 17.1 Å². The predicted molar refractivity (Wildman–Crippen MR) is 455 cm³/mol. The zero-order chi connectivity index (χ0) is 71.4. The monoisotopic (exact) mass is 1430 g/mol. The smallest absolute Gasteiger partial charge is 0.0562 e. The van der Waals surface area contributed by atoms with Crippen molar-refractivity contribution in [1.82, 2.24) is 18.3 Å². The van der Waals surface area contributed by atoms with E-state index in [9.17, 15) is 0 Å². The van der Waals surface area contributed by atoms with Crippen LogP contribution in [0.15, 0.2) is 429 Å². The van der Waals surface area contributed by atoms with Crippen LogP contribution in [0.2, 0.25) is 0 Å². The molecule has 0 aliphatic carbocycles. The van der Waals surface area contributed by atoms with E-state index in [1.54, 1.807) is 0 Å². The summed E-state index contributed by atoms with van der Waals surface area (Å²) in [4.78, 5) is 2.37. The molecule has 16 aromatic carbocycles. The minimum absolute atomic E-state index is 0.962. The fourth-order valence-corrected chi connectivity index (χ4v) is 15.5. The van der Waals surface area contributed by atoms with Gasteiger partial charge in [-0.15, -0.1) is 0 Å². The molecule has 0 atom stereocenters. The molecule has 6 heteroatoms. The van der Waals surface area contributed by atoms with E-state index in [4.69, 9.17) is 0 Å². The van der Waals surface area contributed by atoms with Crippen LogP contribution in [0, 0.1) is 0 Å². The summed E-state index contributed by atoms with van der Waals surface area (Å²) < 4.78 is 10.4. The van der Waals surface area contributed by atoms with E-state index in [0.717, 1.165) is 39.3 Å². The molecule has 0 bridgehead atoms. The molecule has 4 aromatic heterocycles. The van der Waals surface area contributed by atoms with Crippen LogP contribution in [0.25, 0.3) is 133 Å². The maximum Gasteiger partial charge on any atom is 0.0562 e. The summed E-state index contributed by atoms with van der Waals surface area (Å²) in [7, 11) is 0. The zero-order valence-electron chi connectivity index (χ0n) is 58.7. The summed E-state index contributed by atoms with van der Waals surface area (Å²) in [6, 6.07) is 147. The fraction of sp³-hybridized carbons (Fsp3) is 0.00990. The number of aromatic nitrogens is 4. The van der Waals surface area contributed by atoms with Gasteiger partial charge in [-0.05, 0) is 208 Å². The lowest BCUT2D eigenvalue weighted by Crippen LogP contribution is -2.10. The molecule has 0 fully saturated rings. The Balaban J connectivity index is 0.000000126. The Morgan fingerprint density at radius 1 is 0.215 bits per heavy atom. The molecule has 0 N–H and O–H groups in total. The van der Waals surface area contributed by atoms with Crippen LogP contribution < -0.4 is 4.90 Å². The summed E-state index contributed by atoms with van der Waals surface area (Å²) in [5, 5.41) is 7.42. The first kappa shape index (κ1) is 65.5. The normalized spacial score (nSPS) is 11.3.